The van der Waals surface area contributed by atoms with Gasteiger partial charge >= 0.3 is 11.9 Å². The molecule has 4 rings (SSSR count). The number of ether oxygens (including phenoxy) is 2. The number of fused-ring (bicyclic) bond motifs is 3. The minimum atomic E-state index is -0.829. The maximum absolute atomic E-state index is 13.7. The first-order chi connectivity index (χ1) is 15.1. The average molecular weight is 443 g/mol. The van der Waals surface area contributed by atoms with E-state index in [2.05, 4.69) is 27.0 Å². The van der Waals surface area contributed by atoms with Crippen LogP contribution >= 0.6 is 0 Å². The molecule has 2 bridgehead atoms. The molecule has 0 N–H and O–H groups in total. The van der Waals surface area contributed by atoms with E-state index < -0.39 is 16.4 Å². The number of rotatable bonds is 6. The molecule has 0 unspecified atom stereocenters. The molecule has 0 heterocycles. The molecule has 4 aliphatic rings. The Morgan fingerprint density at radius 3 is 2.53 bits per heavy atom. The van der Waals surface area contributed by atoms with Gasteiger partial charge < -0.3 is 9.47 Å². The van der Waals surface area contributed by atoms with Crippen LogP contribution in [0.1, 0.15) is 85.0 Å². The van der Waals surface area contributed by atoms with E-state index in [-0.39, 0.29) is 41.6 Å². The van der Waals surface area contributed by atoms with Crippen molar-refractivity contribution in [2.45, 2.75) is 90.6 Å². The molecule has 0 aromatic carbocycles. The smallest absolute Gasteiger partial charge is 0.312 e. The molecule has 4 aliphatic carbocycles. The highest BCUT2D eigenvalue weighted by Crippen LogP contribution is 2.72. The first-order valence-electron chi connectivity index (χ1n) is 12.3. The average Bonchev–Trinajstić information content (AvgIpc) is 2.89. The van der Waals surface area contributed by atoms with Crippen molar-refractivity contribution in [1.82, 2.24) is 0 Å². The van der Waals surface area contributed by atoms with Crippen molar-refractivity contribution in [2.24, 2.45) is 28.1 Å². The zero-order valence-electron chi connectivity index (χ0n) is 20.0. The molecule has 0 aromatic heterocycles. The fourth-order valence-corrected chi connectivity index (χ4v) is 8.26. The van der Waals surface area contributed by atoms with E-state index in [0.29, 0.717) is 24.8 Å². The topological polar surface area (TPSA) is 69.7 Å². The van der Waals surface area contributed by atoms with Gasteiger partial charge in [-0.05, 0) is 69.1 Å². The highest BCUT2D eigenvalue weighted by molar-refractivity contribution is 6.05. The zero-order valence-corrected chi connectivity index (χ0v) is 20.0. The molecule has 0 aliphatic heterocycles. The van der Waals surface area contributed by atoms with Gasteiger partial charge in [0.05, 0.1) is 5.41 Å². The number of Topliss-reactive ketones (excluding diaryl/α,β-unsaturated/α-hetero) is 1. The maximum Gasteiger partial charge on any atom is 0.312 e. The Kier molecular flexibility index (Phi) is 5.70. The van der Waals surface area contributed by atoms with Crippen LogP contribution in [0.15, 0.2) is 24.8 Å². The number of hydrogen-bond donors (Lipinski definition) is 0. The Balaban J connectivity index is 1.67. The number of carbonyl (C=O) groups is 3. The van der Waals surface area contributed by atoms with E-state index in [0.717, 1.165) is 44.9 Å². The number of hydrogen-bond acceptors (Lipinski definition) is 5. The van der Waals surface area contributed by atoms with E-state index in [1.165, 1.54) is 0 Å². The fourth-order valence-electron chi connectivity index (χ4n) is 8.26. The molecule has 0 radical (unpaired) electrons. The van der Waals surface area contributed by atoms with E-state index in [4.69, 9.17) is 9.47 Å². The van der Waals surface area contributed by atoms with E-state index in [9.17, 15) is 14.4 Å². The third kappa shape index (κ3) is 3.06. The highest BCUT2D eigenvalue weighted by Gasteiger charge is 2.72. The highest BCUT2D eigenvalue weighted by atomic mass is 16.6. The first kappa shape index (κ1) is 23.3. The lowest BCUT2D eigenvalue weighted by atomic mass is 9.40. The Morgan fingerprint density at radius 1 is 1.12 bits per heavy atom. The Hall–Kier alpha value is -1.91. The lowest BCUT2D eigenvalue weighted by molar-refractivity contribution is -0.195. The quantitative estimate of drug-likeness (QED) is 0.316. The summed E-state index contributed by atoms with van der Waals surface area (Å²) in [5.41, 5.74) is -1.52. The zero-order chi connectivity index (χ0) is 23.4. The van der Waals surface area contributed by atoms with Crippen LogP contribution in [-0.4, -0.2) is 29.9 Å². The number of carbonyl (C=O) groups excluding carboxylic acids is 3. The van der Waals surface area contributed by atoms with Gasteiger partial charge in [-0.1, -0.05) is 39.5 Å². The first-order valence-corrected chi connectivity index (χ1v) is 12.3. The van der Waals surface area contributed by atoms with Gasteiger partial charge in [0.25, 0.3) is 0 Å². The standard InChI is InChI=1S/C27H38O5/c1-6-9-21(28)32-27-15-11-20-24(4)12-8-13-25(5,23(30)31-16-7-2)19(24)10-14-26(20,17-27)22(29)18(27)3/h7,19-20H,2-3,6,8-17H2,1,4-5H3/t19-,20-,24+,25+,26+,27-/m0/s1. The molecule has 32 heavy (non-hydrogen) atoms. The van der Waals surface area contributed by atoms with Crippen LogP contribution in [0.25, 0.3) is 0 Å². The van der Waals surface area contributed by atoms with Gasteiger partial charge in [-0.3, -0.25) is 14.4 Å². The second-order valence-electron chi connectivity index (χ2n) is 11.2. The van der Waals surface area contributed by atoms with Crippen molar-refractivity contribution in [1.29, 1.82) is 0 Å². The van der Waals surface area contributed by atoms with Gasteiger partial charge in [-0.2, -0.15) is 0 Å². The molecule has 1 spiro atoms. The number of esters is 2. The van der Waals surface area contributed by atoms with Crippen LogP contribution in [0.5, 0.6) is 0 Å². The summed E-state index contributed by atoms with van der Waals surface area (Å²) in [7, 11) is 0. The maximum atomic E-state index is 13.7. The minimum Gasteiger partial charge on any atom is -0.461 e. The van der Waals surface area contributed by atoms with Gasteiger partial charge in [0, 0.05) is 23.8 Å². The molecule has 5 heteroatoms. The van der Waals surface area contributed by atoms with Crippen molar-refractivity contribution < 1.29 is 23.9 Å². The molecule has 176 valence electrons. The van der Waals surface area contributed by atoms with Crippen LogP contribution < -0.4 is 0 Å². The summed E-state index contributed by atoms with van der Waals surface area (Å²) >= 11 is 0. The molecule has 0 aromatic rings. The van der Waals surface area contributed by atoms with E-state index in [1.54, 1.807) is 6.08 Å². The molecule has 0 amide bonds. The molecule has 5 nitrogen and oxygen atoms in total. The molecule has 4 fully saturated rings. The van der Waals surface area contributed by atoms with Crippen LogP contribution in [0.4, 0.5) is 0 Å². The van der Waals surface area contributed by atoms with Crippen LogP contribution in [-0.2, 0) is 23.9 Å². The number of ketones is 1. The molecular formula is C27H38O5. The van der Waals surface area contributed by atoms with E-state index >= 15 is 0 Å². The van der Waals surface area contributed by atoms with Gasteiger partial charge in [0.1, 0.15) is 12.2 Å². The van der Waals surface area contributed by atoms with E-state index in [1.807, 2.05) is 6.92 Å². The fraction of sp³-hybridized carbons (Fsp3) is 0.741. The van der Waals surface area contributed by atoms with Crippen LogP contribution in [0, 0.1) is 28.1 Å². The van der Waals surface area contributed by atoms with Crippen molar-refractivity contribution in [3.8, 4) is 0 Å². The van der Waals surface area contributed by atoms with Crippen molar-refractivity contribution in [2.75, 3.05) is 6.61 Å². The van der Waals surface area contributed by atoms with Crippen LogP contribution in [0.2, 0.25) is 0 Å². The normalized spacial score (nSPS) is 42.6. The summed E-state index contributed by atoms with van der Waals surface area (Å²) in [5.74, 6) is 0.0847. The van der Waals surface area contributed by atoms with Crippen molar-refractivity contribution >= 4 is 17.7 Å². The largest absolute Gasteiger partial charge is 0.461 e. The summed E-state index contributed by atoms with van der Waals surface area (Å²) in [6.07, 6.45) is 9.07. The third-order valence-electron chi connectivity index (χ3n) is 9.59. The Bertz CT molecular complexity index is 860. The summed E-state index contributed by atoms with van der Waals surface area (Å²) in [6, 6.07) is 0. The lowest BCUT2D eigenvalue weighted by Gasteiger charge is -2.63. The predicted molar refractivity (Wildman–Crippen MR) is 122 cm³/mol. The third-order valence-corrected chi connectivity index (χ3v) is 9.59. The summed E-state index contributed by atoms with van der Waals surface area (Å²) < 4.78 is 11.5. The molecule has 0 saturated heterocycles. The molecule has 6 atom stereocenters. The SMILES string of the molecule is C=CCOC(=O)[C@]1(C)CCC[C@@]2(C)[C@@H]3CC[C@]4(OC(=O)CCC)C[C@@]3(CC[C@@H]21)C(=O)C4=C. The lowest BCUT2D eigenvalue weighted by Crippen LogP contribution is -2.60. The van der Waals surface area contributed by atoms with Crippen molar-refractivity contribution in [3.05, 3.63) is 24.8 Å². The second-order valence-corrected chi connectivity index (χ2v) is 11.2. The Morgan fingerprint density at radius 2 is 1.84 bits per heavy atom. The van der Waals surface area contributed by atoms with Gasteiger partial charge in [-0.15, -0.1) is 0 Å². The molecule has 4 saturated carbocycles. The monoisotopic (exact) mass is 442 g/mol. The summed E-state index contributed by atoms with van der Waals surface area (Å²) in [5, 5.41) is 0. The van der Waals surface area contributed by atoms with Crippen LogP contribution in [0.3, 0.4) is 0 Å². The van der Waals surface area contributed by atoms with Gasteiger partial charge in [-0.25, -0.2) is 0 Å². The summed E-state index contributed by atoms with van der Waals surface area (Å²) in [4.78, 5) is 39.3. The van der Waals surface area contributed by atoms with Crippen molar-refractivity contribution in [3.63, 3.8) is 0 Å². The second kappa shape index (κ2) is 7.85. The van der Waals surface area contributed by atoms with Gasteiger partial charge in [0.2, 0.25) is 0 Å². The van der Waals surface area contributed by atoms with Gasteiger partial charge in [0.15, 0.2) is 5.78 Å². The Labute approximate surface area is 192 Å². The predicted octanol–water partition coefficient (Wildman–Crippen LogP) is 5.33. The summed E-state index contributed by atoms with van der Waals surface area (Å²) in [6.45, 7) is 14.4. The molecular weight excluding hydrogens is 404 g/mol. The minimum absolute atomic E-state index is 0.102.